The Morgan fingerprint density at radius 2 is 1.78 bits per heavy atom. The number of carboxylic acids is 1. The molecule has 1 N–H and O–H groups in total. The zero-order chi connectivity index (χ0) is 19.4. The highest BCUT2D eigenvalue weighted by Crippen LogP contribution is 2.35. The quantitative estimate of drug-likeness (QED) is 0.848. The fourth-order valence-corrected chi connectivity index (χ4v) is 3.88. The van der Waals surface area contributed by atoms with Crippen molar-refractivity contribution in [2.75, 3.05) is 20.2 Å². The fraction of sp³-hybridized carbons (Fsp3) is 0.364. The topological polar surface area (TPSA) is 66.8 Å². The number of benzene rings is 2. The van der Waals surface area contributed by atoms with E-state index in [1.807, 2.05) is 61.5 Å². The van der Waals surface area contributed by atoms with Gasteiger partial charge in [0.05, 0.1) is 18.9 Å². The number of rotatable bonds is 6. The number of hydrogen-bond acceptors (Lipinski definition) is 3. The van der Waals surface area contributed by atoms with Crippen LogP contribution in [0.25, 0.3) is 0 Å². The van der Waals surface area contributed by atoms with Gasteiger partial charge in [0.15, 0.2) is 0 Å². The summed E-state index contributed by atoms with van der Waals surface area (Å²) in [6.07, 6.45) is 0.662. The van der Waals surface area contributed by atoms with Gasteiger partial charge in [0.2, 0.25) is 5.91 Å². The summed E-state index contributed by atoms with van der Waals surface area (Å²) in [4.78, 5) is 26.7. The second-order valence-corrected chi connectivity index (χ2v) is 6.94. The molecule has 142 valence electrons. The zero-order valence-electron chi connectivity index (χ0n) is 15.7. The molecule has 1 aliphatic rings. The van der Waals surface area contributed by atoms with Gasteiger partial charge in [-0.15, -0.1) is 0 Å². The second-order valence-electron chi connectivity index (χ2n) is 6.94. The van der Waals surface area contributed by atoms with Crippen molar-refractivity contribution >= 4 is 11.9 Å². The fourth-order valence-electron chi connectivity index (χ4n) is 3.88. The summed E-state index contributed by atoms with van der Waals surface area (Å²) in [7, 11) is 1.61. The minimum absolute atomic E-state index is 0.00709. The van der Waals surface area contributed by atoms with Crippen molar-refractivity contribution in [1.29, 1.82) is 0 Å². The van der Waals surface area contributed by atoms with E-state index in [0.29, 0.717) is 13.0 Å². The van der Waals surface area contributed by atoms with Crippen LogP contribution in [0.1, 0.15) is 36.3 Å². The van der Waals surface area contributed by atoms with Crippen molar-refractivity contribution in [2.45, 2.75) is 25.2 Å². The maximum atomic E-state index is 13.2. The molecule has 2 aromatic rings. The van der Waals surface area contributed by atoms with Gasteiger partial charge in [0.25, 0.3) is 0 Å². The third kappa shape index (κ3) is 3.97. The third-order valence-corrected chi connectivity index (χ3v) is 5.40. The first-order valence-electron chi connectivity index (χ1n) is 9.25. The molecule has 5 heteroatoms. The highest BCUT2D eigenvalue weighted by atomic mass is 16.5. The van der Waals surface area contributed by atoms with Crippen LogP contribution in [0.2, 0.25) is 0 Å². The predicted octanol–water partition coefficient (Wildman–Crippen LogP) is 3.52. The summed E-state index contributed by atoms with van der Waals surface area (Å²) >= 11 is 0. The SMILES string of the molecule is CCC(C(=O)N1CC(C(=O)O)C(c2ccccc2)C1)c1ccc(OC)cc1. The Balaban J connectivity index is 1.81. The smallest absolute Gasteiger partial charge is 0.308 e. The Labute approximate surface area is 159 Å². The molecule has 0 aromatic heterocycles. The lowest BCUT2D eigenvalue weighted by Crippen LogP contribution is -2.34. The van der Waals surface area contributed by atoms with E-state index in [-0.39, 0.29) is 24.3 Å². The molecule has 0 radical (unpaired) electrons. The van der Waals surface area contributed by atoms with Gasteiger partial charge in [-0.05, 0) is 29.7 Å². The average Bonchev–Trinajstić information content (AvgIpc) is 3.15. The molecule has 1 fully saturated rings. The van der Waals surface area contributed by atoms with Gasteiger partial charge in [0, 0.05) is 19.0 Å². The van der Waals surface area contributed by atoms with Gasteiger partial charge in [-0.2, -0.15) is 0 Å². The summed E-state index contributed by atoms with van der Waals surface area (Å²) in [5.41, 5.74) is 1.90. The number of carboxylic acid groups (broad SMARTS) is 1. The molecule has 3 unspecified atom stereocenters. The molecule has 3 atom stereocenters. The van der Waals surface area contributed by atoms with E-state index < -0.39 is 11.9 Å². The maximum absolute atomic E-state index is 13.2. The number of ether oxygens (including phenoxy) is 1. The molecule has 5 nitrogen and oxygen atoms in total. The lowest BCUT2D eigenvalue weighted by atomic mass is 9.89. The van der Waals surface area contributed by atoms with Crippen LogP contribution in [-0.2, 0) is 9.59 Å². The van der Waals surface area contributed by atoms with Gasteiger partial charge in [-0.25, -0.2) is 0 Å². The van der Waals surface area contributed by atoms with E-state index in [0.717, 1.165) is 16.9 Å². The summed E-state index contributed by atoms with van der Waals surface area (Å²) in [6, 6.07) is 17.1. The molecule has 1 saturated heterocycles. The van der Waals surface area contributed by atoms with Crippen LogP contribution in [0.4, 0.5) is 0 Å². The minimum Gasteiger partial charge on any atom is -0.497 e. The van der Waals surface area contributed by atoms with Crippen LogP contribution in [0, 0.1) is 5.92 Å². The molecule has 0 aliphatic carbocycles. The van der Waals surface area contributed by atoms with Crippen molar-refractivity contribution in [3.8, 4) is 5.75 Å². The van der Waals surface area contributed by atoms with Gasteiger partial charge in [0.1, 0.15) is 5.75 Å². The summed E-state index contributed by atoms with van der Waals surface area (Å²) in [5.74, 6) is -1.15. The van der Waals surface area contributed by atoms with Crippen LogP contribution in [0.15, 0.2) is 54.6 Å². The molecular formula is C22H25NO4. The Kier molecular flexibility index (Phi) is 5.79. The first kappa shape index (κ1) is 19.0. The lowest BCUT2D eigenvalue weighted by Gasteiger charge is -2.23. The normalized spacial score (nSPS) is 20.3. The predicted molar refractivity (Wildman–Crippen MR) is 103 cm³/mol. The Morgan fingerprint density at radius 1 is 1.11 bits per heavy atom. The average molecular weight is 367 g/mol. The van der Waals surface area contributed by atoms with Gasteiger partial charge in [-0.1, -0.05) is 49.4 Å². The highest BCUT2D eigenvalue weighted by Gasteiger charge is 2.41. The Hall–Kier alpha value is -2.82. The van der Waals surface area contributed by atoms with Gasteiger partial charge >= 0.3 is 5.97 Å². The molecule has 0 spiro atoms. The number of carbonyl (C=O) groups is 2. The van der Waals surface area contributed by atoms with Crippen LogP contribution < -0.4 is 4.74 Å². The molecule has 1 heterocycles. The van der Waals surface area contributed by atoms with Crippen LogP contribution in [-0.4, -0.2) is 42.1 Å². The first-order chi connectivity index (χ1) is 13.0. The monoisotopic (exact) mass is 367 g/mol. The molecule has 1 aliphatic heterocycles. The maximum Gasteiger partial charge on any atom is 0.308 e. The van der Waals surface area contributed by atoms with Crippen molar-refractivity contribution in [3.63, 3.8) is 0 Å². The van der Waals surface area contributed by atoms with Gasteiger partial charge < -0.3 is 14.7 Å². The molecular weight excluding hydrogens is 342 g/mol. The molecule has 3 rings (SSSR count). The van der Waals surface area contributed by atoms with Crippen molar-refractivity contribution in [1.82, 2.24) is 4.90 Å². The lowest BCUT2D eigenvalue weighted by molar-refractivity contribution is -0.142. The summed E-state index contributed by atoms with van der Waals surface area (Å²) in [5, 5.41) is 9.66. The van der Waals surface area contributed by atoms with Crippen LogP contribution in [0.3, 0.4) is 0 Å². The van der Waals surface area contributed by atoms with E-state index in [2.05, 4.69) is 0 Å². The minimum atomic E-state index is -0.850. The Morgan fingerprint density at radius 3 is 2.33 bits per heavy atom. The largest absolute Gasteiger partial charge is 0.497 e. The molecule has 27 heavy (non-hydrogen) atoms. The van der Waals surface area contributed by atoms with E-state index in [4.69, 9.17) is 4.74 Å². The number of nitrogens with zero attached hydrogens (tertiary/aromatic N) is 1. The number of amides is 1. The highest BCUT2D eigenvalue weighted by molar-refractivity contribution is 5.85. The van der Waals surface area contributed by atoms with Gasteiger partial charge in [-0.3, -0.25) is 9.59 Å². The number of carbonyl (C=O) groups excluding carboxylic acids is 1. The molecule has 1 amide bonds. The van der Waals surface area contributed by atoms with E-state index in [9.17, 15) is 14.7 Å². The third-order valence-electron chi connectivity index (χ3n) is 5.40. The van der Waals surface area contributed by atoms with Crippen molar-refractivity contribution < 1.29 is 19.4 Å². The zero-order valence-corrected chi connectivity index (χ0v) is 15.7. The summed E-state index contributed by atoms with van der Waals surface area (Å²) < 4.78 is 5.19. The number of methoxy groups -OCH3 is 1. The number of likely N-dealkylation sites (tertiary alicyclic amines) is 1. The van der Waals surface area contributed by atoms with Crippen LogP contribution >= 0.6 is 0 Å². The second kappa shape index (κ2) is 8.25. The summed E-state index contributed by atoms with van der Waals surface area (Å²) in [6.45, 7) is 2.67. The molecule has 2 aromatic carbocycles. The first-order valence-corrected chi connectivity index (χ1v) is 9.25. The van der Waals surface area contributed by atoms with E-state index in [1.165, 1.54) is 0 Å². The van der Waals surface area contributed by atoms with E-state index >= 15 is 0 Å². The van der Waals surface area contributed by atoms with Crippen LogP contribution in [0.5, 0.6) is 5.75 Å². The molecule has 0 bridgehead atoms. The van der Waals surface area contributed by atoms with E-state index in [1.54, 1.807) is 12.0 Å². The van der Waals surface area contributed by atoms with Crippen molar-refractivity contribution in [3.05, 3.63) is 65.7 Å². The Bertz CT molecular complexity index is 788. The molecule has 0 saturated carbocycles. The van der Waals surface area contributed by atoms with Crippen molar-refractivity contribution in [2.24, 2.45) is 5.92 Å². The number of hydrogen-bond donors (Lipinski definition) is 1. The standard InChI is InChI=1S/C22H25NO4/c1-3-18(16-9-11-17(27-2)12-10-16)21(24)23-13-19(20(14-23)22(25)26)15-7-5-4-6-8-15/h4-12,18-20H,3,13-14H2,1-2H3,(H,25,26). The number of aliphatic carboxylic acids is 1.